The predicted molar refractivity (Wildman–Crippen MR) is 66.0 cm³/mol. The zero-order valence-corrected chi connectivity index (χ0v) is 11.5. The molecule has 2 aliphatic heterocycles. The lowest BCUT2D eigenvalue weighted by Gasteiger charge is -2.35. The van der Waals surface area contributed by atoms with E-state index in [9.17, 15) is 0 Å². The third kappa shape index (κ3) is 1.92. The molecule has 0 bridgehead atoms. The summed E-state index contributed by atoms with van der Waals surface area (Å²) in [5, 5.41) is 0. The number of hydrogen-bond acceptors (Lipinski definition) is 4. The van der Waals surface area contributed by atoms with Crippen LogP contribution in [0.3, 0.4) is 0 Å². The smallest absolute Gasteiger partial charge is 0.163 e. The van der Waals surface area contributed by atoms with Gasteiger partial charge >= 0.3 is 0 Å². The minimum atomic E-state index is -0.554. The van der Waals surface area contributed by atoms with E-state index in [1.807, 2.05) is 33.8 Å². The molecule has 1 saturated carbocycles. The molecular formula is C14H22O4. The van der Waals surface area contributed by atoms with Crippen molar-refractivity contribution in [3.63, 3.8) is 0 Å². The summed E-state index contributed by atoms with van der Waals surface area (Å²) in [5.41, 5.74) is 0. The number of hydrogen-bond donors (Lipinski definition) is 0. The van der Waals surface area contributed by atoms with E-state index >= 15 is 0 Å². The molecule has 4 heteroatoms. The lowest BCUT2D eigenvalue weighted by atomic mass is 9.81. The van der Waals surface area contributed by atoms with Gasteiger partial charge in [0.15, 0.2) is 11.6 Å². The first-order valence-electron chi connectivity index (χ1n) is 6.65. The Hall–Kier alpha value is -0.420. The Morgan fingerprint density at radius 2 is 1.44 bits per heavy atom. The normalized spacial score (nSPS) is 48.6. The van der Waals surface area contributed by atoms with Crippen molar-refractivity contribution in [3.8, 4) is 0 Å². The third-order valence-corrected chi connectivity index (χ3v) is 3.94. The zero-order chi connectivity index (χ0) is 13.1. The summed E-state index contributed by atoms with van der Waals surface area (Å²) in [5.74, 6) is -0.830. The second-order valence-electron chi connectivity index (χ2n) is 6.34. The van der Waals surface area contributed by atoms with E-state index in [-0.39, 0.29) is 30.3 Å². The molecule has 18 heavy (non-hydrogen) atoms. The highest BCUT2D eigenvalue weighted by atomic mass is 16.8. The molecule has 3 aliphatic rings. The third-order valence-electron chi connectivity index (χ3n) is 3.94. The van der Waals surface area contributed by atoms with Crippen LogP contribution < -0.4 is 0 Å². The largest absolute Gasteiger partial charge is 0.344 e. The Morgan fingerprint density at radius 3 is 2.11 bits per heavy atom. The summed E-state index contributed by atoms with van der Waals surface area (Å²) in [6, 6.07) is 0. The van der Waals surface area contributed by atoms with Crippen LogP contribution in [0.15, 0.2) is 12.7 Å². The molecule has 3 fully saturated rings. The average Bonchev–Trinajstić information content (AvgIpc) is 2.71. The van der Waals surface area contributed by atoms with Crippen LogP contribution in [0.25, 0.3) is 0 Å². The molecule has 3 rings (SSSR count). The molecule has 0 amide bonds. The predicted octanol–water partition coefficient (Wildman–Crippen LogP) is 2.23. The van der Waals surface area contributed by atoms with E-state index in [0.29, 0.717) is 0 Å². The fraction of sp³-hybridized carbons (Fsp3) is 0.857. The van der Waals surface area contributed by atoms with Gasteiger partial charge in [-0.2, -0.15) is 0 Å². The maximum atomic E-state index is 6.02. The lowest BCUT2D eigenvalue weighted by molar-refractivity contribution is -0.176. The van der Waals surface area contributed by atoms with E-state index in [1.165, 1.54) is 0 Å². The van der Waals surface area contributed by atoms with Gasteiger partial charge in [0.1, 0.15) is 12.2 Å². The Kier molecular flexibility index (Phi) is 2.66. The van der Waals surface area contributed by atoms with Crippen LogP contribution in [0, 0.1) is 5.92 Å². The lowest BCUT2D eigenvalue weighted by Crippen LogP contribution is -2.50. The summed E-state index contributed by atoms with van der Waals surface area (Å²) in [4.78, 5) is 0. The maximum Gasteiger partial charge on any atom is 0.163 e. The molecule has 1 aliphatic carbocycles. The SMILES string of the molecule is C=C[C@@H]1CC2OC(C)(C)O[C@H]2C2OC(C)(C)O[C@@H]21. The van der Waals surface area contributed by atoms with Gasteiger partial charge < -0.3 is 18.9 Å². The van der Waals surface area contributed by atoms with Gasteiger partial charge in [-0.3, -0.25) is 0 Å². The summed E-state index contributed by atoms with van der Waals surface area (Å²) < 4.78 is 24.0. The van der Waals surface area contributed by atoms with Crippen molar-refractivity contribution in [2.45, 2.75) is 70.1 Å². The van der Waals surface area contributed by atoms with Crippen molar-refractivity contribution in [2.75, 3.05) is 0 Å². The van der Waals surface area contributed by atoms with Crippen LogP contribution in [-0.4, -0.2) is 36.0 Å². The number of rotatable bonds is 1. The van der Waals surface area contributed by atoms with Gasteiger partial charge in [-0.1, -0.05) is 6.08 Å². The fourth-order valence-electron chi connectivity index (χ4n) is 3.36. The van der Waals surface area contributed by atoms with Crippen molar-refractivity contribution >= 4 is 0 Å². The van der Waals surface area contributed by atoms with Crippen LogP contribution in [0.4, 0.5) is 0 Å². The molecule has 0 aromatic carbocycles. The molecule has 0 aromatic heterocycles. The molecule has 0 aromatic rings. The van der Waals surface area contributed by atoms with Gasteiger partial charge in [-0.25, -0.2) is 0 Å². The molecule has 5 atom stereocenters. The van der Waals surface area contributed by atoms with Gasteiger partial charge in [0.05, 0.1) is 12.2 Å². The van der Waals surface area contributed by atoms with Crippen LogP contribution in [0.1, 0.15) is 34.1 Å². The minimum absolute atomic E-state index is 0.0243. The van der Waals surface area contributed by atoms with Crippen molar-refractivity contribution in [1.29, 1.82) is 0 Å². The Bertz CT molecular complexity index is 363. The molecule has 0 radical (unpaired) electrons. The van der Waals surface area contributed by atoms with Crippen molar-refractivity contribution in [1.82, 2.24) is 0 Å². The van der Waals surface area contributed by atoms with E-state index in [0.717, 1.165) is 6.42 Å². The van der Waals surface area contributed by atoms with Gasteiger partial charge in [-0.05, 0) is 34.1 Å². The first kappa shape index (κ1) is 12.6. The molecule has 2 saturated heterocycles. The molecule has 2 unspecified atom stereocenters. The summed E-state index contributed by atoms with van der Waals surface area (Å²) >= 11 is 0. The molecule has 2 heterocycles. The van der Waals surface area contributed by atoms with Gasteiger partial charge in [0.25, 0.3) is 0 Å². The average molecular weight is 254 g/mol. The summed E-state index contributed by atoms with van der Waals surface area (Å²) in [6.45, 7) is 11.7. The van der Waals surface area contributed by atoms with Crippen molar-refractivity contribution in [3.05, 3.63) is 12.7 Å². The minimum Gasteiger partial charge on any atom is -0.344 e. The van der Waals surface area contributed by atoms with E-state index in [1.54, 1.807) is 0 Å². The molecule has 0 N–H and O–H groups in total. The first-order valence-corrected chi connectivity index (χ1v) is 6.65. The van der Waals surface area contributed by atoms with E-state index < -0.39 is 11.6 Å². The van der Waals surface area contributed by atoms with Gasteiger partial charge in [-0.15, -0.1) is 6.58 Å². The highest BCUT2D eigenvalue weighted by Crippen LogP contribution is 2.46. The molecule has 0 spiro atoms. The second kappa shape index (κ2) is 3.79. The Morgan fingerprint density at radius 1 is 0.889 bits per heavy atom. The van der Waals surface area contributed by atoms with E-state index in [4.69, 9.17) is 18.9 Å². The Balaban J connectivity index is 1.89. The molecule has 102 valence electrons. The highest BCUT2D eigenvalue weighted by molar-refractivity contribution is 5.06. The number of fused-ring (bicyclic) bond motifs is 3. The fourth-order valence-corrected chi connectivity index (χ4v) is 3.36. The van der Waals surface area contributed by atoms with Crippen LogP contribution >= 0.6 is 0 Å². The van der Waals surface area contributed by atoms with Crippen molar-refractivity contribution in [2.24, 2.45) is 5.92 Å². The highest BCUT2D eigenvalue weighted by Gasteiger charge is 2.58. The number of ether oxygens (including phenoxy) is 4. The van der Waals surface area contributed by atoms with Crippen molar-refractivity contribution < 1.29 is 18.9 Å². The topological polar surface area (TPSA) is 36.9 Å². The first-order chi connectivity index (χ1) is 8.31. The Labute approximate surface area is 108 Å². The zero-order valence-electron chi connectivity index (χ0n) is 11.5. The summed E-state index contributed by atoms with van der Waals surface area (Å²) in [7, 11) is 0. The molecular weight excluding hydrogens is 232 g/mol. The maximum absolute atomic E-state index is 6.02. The van der Waals surface area contributed by atoms with Crippen LogP contribution in [0.2, 0.25) is 0 Å². The molecule has 4 nitrogen and oxygen atoms in total. The quantitative estimate of drug-likeness (QED) is 0.672. The van der Waals surface area contributed by atoms with E-state index in [2.05, 4.69) is 6.58 Å². The summed E-state index contributed by atoms with van der Waals surface area (Å²) in [6.07, 6.45) is 2.83. The second-order valence-corrected chi connectivity index (χ2v) is 6.34. The monoisotopic (exact) mass is 254 g/mol. The van der Waals surface area contributed by atoms with Crippen LogP contribution in [-0.2, 0) is 18.9 Å². The van der Waals surface area contributed by atoms with Gasteiger partial charge in [0, 0.05) is 5.92 Å². The standard InChI is InChI=1S/C14H22O4/c1-6-8-7-9-11(17-13(2,3)15-9)12-10(8)16-14(4,5)18-12/h6,8-12H,1,7H2,2-5H3/t8-,9?,10-,11-,12?/m1/s1. The van der Waals surface area contributed by atoms with Crippen LogP contribution in [0.5, 0.6) is 0 Å². The van der Waals surface area contributed by atoms with Gasteiger partial charge in [0.2, 0.25) is 0 Å².